The molecule has 51 heavy (non-hydrogen) atoms. The lowest BCUT2D eigenvalue weighted by molar-refractivity contribution is 0.269. The molecule has 11 rings (SSSR count). The summed E-state index contributed by atoms with van der Waals surface area (Å²) in [6.45, 7) is 0. The molecule has 240 valence electrons. The molecule has 0 saturated carbocycles. The fraction of sp³-hybridized carbons (Fsp3) is 0.0444. The van der Waals surface area contributed by atoms with E-state index in [2.05, 4.69) is 102 Å². The van der Waals surface area contributed by atoms with Crippen LogP contribution in [0.3, 0.4) is 0 Å². The molecule has 3 aromatic heterocycles. The van der Waals surface area contributed by atoms with Gasteiger partial charge >= 0.3 is 0 Å². The van der Waals surface area contributed by atoms with Gasteiger partial charge in [-0.15, -0.1) is 0 Å². The molecule has 0 fully saturated rings. The zero-order valence-electron chi connectivity index (χ0n) is 27.3. The molecule has 0 bridgehead atoms. The van der Waals surface area contributed by atoms with Crippen molar-refractivity contribution in [2.24, 2.45) is 0 Å². The average Bonchev–Trinajstić information content (AvgIpc) is 3.87. The summed E-state index contributed by atoms with van der Waals surface area (Å²) in [4.78, 5) is 14.7. The van der Waals surface area contributed by atoms with Crippen molar-refractivity contribution < 1.29 is 9.15 Å². The van der Waals surface area contributed by atoms with Gasteiger partial charge in [-0.25, -0.2) is 15.0 Å². The third kappa shape index (κ3) is 4.33. The number of furan rings is 1. The van der Waals surface area contributed by atoms with Crippen LogP contribution < -0.4 is 4.74 Å². The minimum absolute atomic E-state index is 0.00570. The molecule has 0 amide bonds. The number of hydrogen-bond acceptors (Lipinski definition) is 5. The first kappa shape index (κ1) is 28.1. The maximum atomic E-state index is 6.66. The van der Waals surface area contributed by atoms with Gasteiger partial charge in [0.1, 0.15) is 23.0 Å². The summed E-state index contributed by atoms with van der Waals surface area (Å²) in [5, 5.41) is 4.65. The number of ether oxygens (including phenoxy) is 1. The molecule has 0 radical (unpaired) electrons. The quantitative estimate of drug-likeness (QED) is 0.189. The summed E-state index contributed by atoms with van der Waals surface area (Å²) >= 11 is 0. The lowest BCUT2D eigenvalue weighted by Crippen LogP contribution is -2.18. The molecule has 1 aliphatic carbocycles. The second kappa shape index (κ2) is 10.9. The highest BCUT2D eigenvalue weighted by Crippen LogP contribution is 2.48. The molecule has 6 nitrogen and oxygen atoms in total. The second-order valence-corrected chi connectivity index (χ2v) is 13.1. The van der Waals surface area contributed by atoms with E-state index in [1.165, 1.54) is 21.8 Å². The summed E-state index contributed by atoms with van der Waals surface area (Å²) in [6.07, 6.45) is 6.23. The van der Waals surface area contributed by atoms with Gasteiger partial charge in [0, 0.05) is 49.5 Å². The maximum Gasteiger partial charge on any atom is 0.164 e. The van der Waals surface area contributed by atoms with Gasteiger partial charge in [0.25, 0.3) is 0 Å². The summed E-state index contributed by atoms with van der Waals surface area (Å²) < 4.78 is 15.6. The number of nitrogens with zero attached hydrogens (tertiary/aromatic N) is 4. The van der Waals surface area contributed by atoms with Crippen LogP contribution in [0.2, 0.25) is 0 Å². The number of hydrogen-bond donors (Lipinski definition) is 0. The van der Waals surface area contributed by atoms with E-state index in [0.29, 0.717) is 17.5 Å². The predicted octanol–water partition coefficient (Wildman–Crippen LogP) is 10.7. The first-order chi connectivity index (χ1) is 25.3. The SMILES string of the molecule is C1=CC2c3c(ccc4c3oc3ccc(-n5c6ccccc6c6ccccc65)cc34)OC2C=C1c1nc(-c2ccccc2)nc(-c2ccccc2)n1. The van der Waals surface area contributed by atoms with E-state index < -0.39 is 0 Å². The number of fused-ring (bicyclic) bond motifs is 10. The molecule has 0 spiro atoms. The van der Waals surface area contributed by atoms with Gasteiger partial charge in [-0.2, -0.15) is 0 Å². The Labute approximate surface area is 292 Å². The van der Waals surface area contributed by atoms with Crippen molar-refractivity contribution in [2.75, 3.05) is 0 Å². The van der Waals surface area contributed by atoms with Gasteiger partial charge in [-0.3, -0.25) is 0 Å². The zero-order valence-corrected chi connectivity index (χ0v) is 27.3. The third-order valence-corrected chi connectivity index (χ3v) is 10.2. The maximum absolute atomic E-state index is 6.66. The van der Waals surface area contributed by atoms with E-state index in [9.17, 15) is 0 Å². The van der Waals surface area contributed by atoms with Crippen LogP contribution >= 0.6 is 0 Å². The minimum Gasteiger partial charge on any atom is -0.485 e. The van der Waals surface area contributed by atoms with Gasteiger partial charge < -0.3 is 13.7 Å². The van der Waals surface area contributed by atoms with E-state index in [1.807, 2.05) is 60.7 Å². The smallest absolute Gasteiger partial charge is 0.164 e. The molecular formula is C45H28N4O2. The lowest BCUT2D eigenvalue weighted by Gasteiger charge is -2.18. The van der Waals surface area contributed by atoms with Crippen molar-refractivity contribution in [3.63, 3.8) is 0 Å². The van der Waals surface area contributed by atoms with Gasteiger partial charge in [0.05, 0.1) is 17.0 Å². The number of para-hydroxylation sites is 2. The summed E-state index contributed by atoms with van der Waals surface area (Å²) in [7, 11) is 0. The largest absolute Gasteiger partial charge is 0.485 e. The zero-order chi connectivity index (χ0) is 33.5. The number of allylic oxidation sites excluding steroid dienone is 2. The molecular weight excluding hydrogens is 629 g/mol. The van der Waals surface area contributed by atoms with Gasteiger partial charge in [-0.05, 0) is 48.5 Å². The van der Waals surface area contributed by atoms with E-state index in [-0.39, 0.29) is 12.0 Å². The normalized spacial score (nSPS) is 16.4. The van der Waals surface area contributed by atoms with Crippen LogP contribution in [0.5, 0.6) is 5.75 Å². The molecule has 9 aromatic rings. The topological polar surface area (TPSA) is 66.0 Å². The lowest BCUT2D eigenvalue weighted by atomic mass is 9.88. The molecule has 6 heteroatoms. The Kier molecular flexibility index (Phi) is 5.98. The van der Waals surface area contributed by atoms with Crippen LogP contribution in [-0.2, 0) is 0 Å². The van der Waals surface area contributed by atoms with Crippen molar-refractivity contribution >= 4 is 49.3 Å². The number of benzene rings is 6. The van der Waals surface area contributed by atoms with E-state index in [1.54, 1.807) is 0 Å². The average molecular weight is 657 g/mol. The Hall–Kier alpha value is -6.79. The molecule has 0 N–H and O–H groups in total. The summed E-state index contributed by atoms with van der Waals surface area (Å²) in [6, 6.07) is 48.0. The molecule has 2 unspecified atom stereocenters. The van der Waals surface area contributed by atoms with E-state index in [0.717, 1.165) is 55.6 Å². The minimum atomic E-state index is -0.218. The fourth-order valence-corrected chi connectivity index (χ4v) is 7.84. The summed E-state index contributed by atoms with van der Waals surface area (Å²) in [5.74, 6) is 2.72. The monoisotopic (exact) mass is 656 g/mol. The van der Waals surface area contributed by atoms with Gasteiger partial charge in [-0.1, -0.05) is 109 Å². The predicted molar refractivity (Wildman–Crippen MR) is 203 cm³/mol. The van der Waals surface area contributed by atoms with Crippen LogP contribution in [0.25, 0.3) is 77.8 Å². The Bertz CT molecular complexity index is 2790. The second-order valence-electron chi connectivity index (χ2n) is 13.1. The first-order valence-electron chi connectivity index (χ1n) is 17.2. The summed E-state index contributed by atoms with van der Waals surface area (Å²) in [5.41, 5.74) is 9.05. The number of rotatable bonds is 4. The molecule has 4 heterocycles. The van der Waals surface area contributed by atoms with Crippen LogP contribution in [0.1, 0.15) is 17.3 Å². The van der Waals surface area contributed by atoms with E-state index >= 15 is 0 Å². The first-order valence-corrected chi connectivity index (χ1v) is 17.2. The molecule has 2 atom stereocenters. The highest BCUT2D eigenvalue weighted by atomic mass is 16.5. The highest BCUT2D eigenvalue weighted by Gasteiger charge is 2.37. The van der Waals surface area contributed by atoms with E-state index in [4.69, 9.17) is 24.1 Å². The molecule has 2 aliphatic rings. The van der Waals surface area contributed by atoms with Crippen molar-refractivity contribution in [2.45, 2.75) is 12.0 Å². The van der Waals surface area contributed by atoms with Crippen LogP contribution in [0, 0.1) is 0 Å². The van der Waals surface area contributed by atoms with Crippen LogP contribution in [0.15, 0.2) is 162 Å². The fourth-order valence-electron chi connectivity index (χ4n) is 7.84. The molecule has 6 aromatic carbocycles. The van der Waals surface area contributed by atoms with Crippen LogP contribution in [-0.4, -0.2) is 25.6 Å². The Morgan fingerprint density at radius 2 is 1.18 bits per heavy atom. The number of aromatic nitrogens is 4. The van der Waals surface area contributed by atoms with Gasteiger partial charge in [0.2, 0.25) is 0 Å². The van der Waals surface area contributed by atoms with Crippen LogP contribution in [0.4, 0.5) is 0 Å². The molecule has 0 saturated heterocycles. The van der Waals surface area contributed by atoms with Crippen molar-refractivity contribution in [1.29, 1.82) is 0 Å². The highest BCUT2D eigenvalue weighted by molar-refractivity contribution is 6.11. The van der Waals surface area contributed by atoms with Gasteiger partial charge in [0.15, 0.2) is 17.5 Å². The Morgan fingerprint density at radius 1 is 0.549 bits per heavy atom. The Morgan fingerprint density at radius 3 is 1.86 bits per heavy atom. The standard InChI is InChI=1S/C45H28N4O2/c1-3-11-27(12-4-1)43-46-44(28-13-5-2-6-14-28)48-45(47-43)29-19-21-34-40(25-29)50-39-24-22-33-35-26-30(20-23-38(35)51-42(33)41(34)39)49-36-17-9-7-15-31(36)32-16-8-10-18-37(32)49/h1-26,34,40H. The van der Waals surface area contributed by atoms with Crippen molar-refractivity contribution in [3.05, 3.63) is 169 Å². The molecule has 1 aliphatic heterocycles. The van der Waals surface area contributed by atoms with Crippen molar-refractivity contribution in [1.82, 2.24) is 19.5 Å². The van der Waals surface area contributed by atoms with Crippen molar-refractivity contribution in [3.8, 4) is 34.2 Å². The third-order valence-electron chi connectivity index (χ3n) is 10.2. The Balaban J connectivity index is 0.998.